The highest BCUT2D eigenvalue weighted by molar-refractivity contribution is 9.10. The number of primary amides is 1. The van der Waals surface area contributed by atoms with Crippen molar-refractivity contribution in [2.45, 2.75) is 12.6 Å². The fourth-order valence-electron chi connectivity index (χ4n) is 3.40. The number of ether oxygens (including phenoxy) is 1. The summed E-state index contributed by atoms with van der Waals surface area (Å²) in [6.45, 7) is 0.547. The normalized spacial score (nSPS) is 12.4. The summed E-state index contributed by atoms with van der Waals surface area (Å²) in [6.07, 6.45) is -0.696. The monoisotopic (exact) mass is 438 g/mol. The minimum absolute atomic E-state index is 0.182. The van der Waals surface area contributed by atoms with E-state index in [1.54, 1.807) is 12.1 Å². The average Bonchev–Trinajstić information content (AvgIpc) is 2.99. The van der Waals surface area contributed by atoms with Crippen molar-refractivity contribution >= 4 is 43.6 Å². The second-order valence-corrected chi connectivity index (χ2v) is 7.56. The number of halogens is 1. The summed E-state index contributed by atoms with van der Waals surface area (Å²) in [7, 11) is 0. The van der Waals surface area contributed by atoms with E-state index in [1.165, 1.54) is 0 Å². The third-order valence-electron chi connectivity index (χ3n) is 4.69. The van der Waals surface area contributed by atoms with E-state index in [9.17, 15) is 9.90 Å². The number of nitrogens with two attached hydrogens (primary N) is 1. The topological polar surface area (TPSA) is 77.5 Å². The molecule has 5 nitrogen and oxygen atoms in total. The lowest BCUT2D eigenvalue weighted by Crippen LogP contribution is -2.23. The van der Waals surface area contributed by atoms with Crippen molar-refractivity contribution in [2.24, 2.45) is 5.73 Å². The number of hydrogen-bond acceptors (Lipinski definition) is 3. The predicted octanol–water partition coefficient (Wildman–Crippen LogP) is 4.10. The summed E-state index contributed by atoms with van der Waals surface area (Å²) in [5.41, 5.74) is 7.81. The molecule has 1 aromatic heterocycles. The molecule has 1 unspecified atom stereocenters. The van der Waals surface area contributed by atoms with Gasteiger partial charge < -0.3 is 20.1 Å². The van der Waals surface area contributed by atoms with Crippen LogP contribution in [0.1, 0.15) is 10.4 Å². The SMILES string of the molecule is NC(=O)c1ccc2c(c1)c1cc(Br)ccc1n2CC(O)COc1ccccc1. The van der Waals surface area contributed by atoms with Gasteiger partial charge in [-0.05, 0) is 48.5 Å². The molecule has 6 heteroatoms. The molecule has 0 radical (unpaired) electrons. The van der Waals surface area contributed by atoms with Gasteiger partial charge in [-0.3, -0.25) is 4.79 Å². The van der Waals surface area contributed by atoms with E-state index in [2.05, 4.69) is 15.9 Å². The lowest BCUT2D eigenvalue weighted by atomic mass is 10.1. The molecule has 4 rings (SSSR count). The number of para-hydroxylation sites is 1. The molecule has 0 saturated carbocycles. The molecule has 28 heavy (non-hydrogen) atoms. The standard InChI is InChI=1S/C22H19BrN2O3/c23-15-7-9-21-19(11-15)18-10-14(22(24)27)6-8-20(18)25(21)12-16(26)13-28-17-4-2-1-3-5-17/h1-11,16,26H,12-13H2,(H2,24,27). The average molecular weight is 439 g/mol. The van der Waals surface area contributed by atoms with Gasteiger partial charge in [-0.1, -0.05) is 34.1 Å². The Balaban J connectivity index is 1.69. The van der Waals surface area contributed by atoms with E-state index < -0.39 is 12.0 Å². The Kier molecular flexibility index (Phi) is 5.07. The summed E-state index contributed by atoms with van der Waals surface area (Å²) < 4.78 is 8.66. The number of hydrogen-bond donors (Lipinski definition) is 2. The van der Waals surface area contributed by atoms with Gasteiger partial charge in [0, 0.05) is 31.8 Å². The minimum atomic E-state index is -0.696. The fourth-order valence-corrected chi connectivity index (χ4v) is 3.76. The number of aliphatic hydroxyl groups excluding tert-OH is 1. The number of rotatable bonds is 6. The maximum Gasteiger partial charge on any atom is 0.248 e. The molecule has 0 saturated heterocycles. The molecule has 0 bridgehead atoms. The fraction of sp³-hybridized carbons (Fsp3) is 0.136. The van der Waals surface area contributed by atoms with Crippen LogP contribution in [0, 0.1) is 0 Å². The lowest BCUT2D eigenvalue weighted by Gasteiger charge is -2.15. The maximum atomic E-state index is 11.6. The van der Waals surface area contributed by atoms with Gasteiger partial charge in [-0.2, -0.15) is 0 Å². The first-order chi connectivity index (χ1) is 13.5. The van der Waals surface area contributed by atoms with Crippen LogP contribution in [-0.2, 0) is 6.54 Å². The van der Waals surface area contributed by atoms with E-state index >= 15 is 0 Å². The quantitative estimate of drug-likeness (QED) is 0.475. The molecule has 0 aliphatic carbocycles. The Morgan fingerprint density at radius 3 is 2.43 bits per heavy atom. The number of amides is 1. The van der Waals surface area contributed by atoms with E-state index in [4.69, 9.17) is 10.5 Å². The van der Waals surface area contributed by atoms with Crippen molar-refractivity contribution in [3.05, 3.63) is 76.8 Å². The van der Waals surface area contributed by atoms with Crippen molar-refractivity contribution in [1.29, 1.82) is 0 Å². The molecule has 142 valence electrons. The predicted molar refractivity (Wildman–Crippen MR) is 114 cm³/mol. The highest BCUT2D eigenvalue weighted by atomic mass is 79.9. The van der Waals surface area contributed by atoms with Crippen LogP contribution in [0.25, 0.3) is 21.8 Å². The minimum Gasteiger partial charge on any atom is -0.491 e. The van der Waals surface area contributed by atoms with Gasteiger partial charge in [0.1, 0.15) is 18.5 Å². The first-order valence-corrected chi connectivity index (χ1v) is 9.69. The molecule has 4 aromatic rings. The molecule has 0 fully saturated rings. The van der Waals surface area contributed by atoms with Crippen LogP contribution >= 0.6 is 15.9 Å². The zero-order valence-electron chi connectivity index (χ0n) is 15.0. The third-order valence-corrected chi connectivity index (χ3v) is 5.18. The number of carbonyl (C=O) groups is 1. The third kappa shape index (κ3) is 3.61. The first kappa shape index (κ1) is 18.5. The number of carbonyl (C=O) groups excluding carboxylic acids is 1. The Hall–Kier alpha value is -2.83. The summed E-state index contributed by atoms with van der Waals surface area (Å²) in [5, 5.41) is 12.5. The molecule has 1 atom stereocenters. The van der Waals surface area contributed by atoms with Crippen molar-refractivity contribution in [3.63, 3.8) is 0 Å². The molecule has 0 spiro atoms. The number of aliphatic hydroxyl groups is 1. The summed E-state index contributed by atoms with van der Waals surface area (Å²) in [6, 6.07) is 20.8. The molecule has 0 aliphatic rings. The van der Waals surface area contributed by atoms with Crippen molar-refractivity contribution in [1.82, 2.24) is 4.57 Å². The van der Waals surface area contributed by atoms with E-state index in [-0.39, 0.29) is 6.61 Å². The Bertz CT molecular complexity index is 1150. The molecule has 3 aromatic carbocycles. The van der Waals surface area contributed by atoms with Gasteiger partial charge in [0.05, 0.1) is 6.54 Å². The van der Waals surface area contributed by atoms with E-state index in [1.807, 2.05) is 59.2 Å². The summed E-state index contributed by atoms with van der Waals surface area (Å²) in [4.78, 5) is 11.6. The van der Waals surface area contributed by atoms with Crippen LogP contribution in [-0.4, -0.2) is 28.3 Å². The lowest BCUT2D eigenvalue weighted by molar-refractivity contribution is 0.0945. The van der Waals surface area contributed by atoms with Crippen LogP contribution < -0.4 is 10.5 Å². The highest BCUT2D eigenvalue weighted by Crippen LogP contribution is 2.32. The number of nitrogens with zero attached hydrogens (tertiary/aromatic N) is 1. The number of fused-ring (bicyclic) bond motifs is 3. The van der Waals surface area contributed by atoms with Gasteiger partial charge in [0.15, 0.2) is 0 Å². The van der Waals surface area contributed by atoms with Crippen LogP contribution in [0.2, 0.25) is 0 Å². The smallest absolute Gasteiger partial charge is 0.248 e. The molecular weight excluding hydrogens is 420 g/mol. The second kappa shape index (κ2) is 7.66. The Morgan fingerprint density at radius 1 is 1.04 bits per heavy atom. The number of aromatic nitrogens is 1. The van der Waals surface area contributed by atoms with E-state index in [0.717, 1.165) is 32.0 Å². The molecular formula is C22H19BrN2O3. The maximum absolute atomic E-state index is 11.6. The Labute approximate surface area is 170 Å². The largest absolute Gasteiger partial charge is 0.491 e. The summed E-state index contributed by atoms with van der Waals surface area (Å²) >= 11 is 3.51. The Morgan fingerprint density at radius 2 is 1.71 bits per heavy atom. The summed E-state index contributed by atoms with van der Waals surface area (Å²) in [5.74, 6) is 0.257. The van der Waals surface area contributed by atoms with Crippen LogP contribution in [0.3, 0.4) is 0 Å². The molecule has 1 heterocycles. The van der Waals surface area contributed by atoms with Gasteiger partial charge in [0.2, 0.25) is 5.91 Å². The van der Waals surface area contributed by atoms with Gasteiger partial charge in [-0.25, -0.2) is 0 Å². The van der Waals surface area contributed by atoms with Gasteiger partial charge in [-0.15, -0.1) is 0 Å². The molecule has 0 aliphatic heterocycles. The molecule has 3 N–H and O–H groups in total. The number of benzene rings is 3. The first-order valence-electron chi connectivity index (χ1n) is 8.90. The van der Waals surface area contributed by atoms with Crippen molar-refractivity contribution in [2.75, 3.05) is 6.61 Å². The highest BCUT2D eigenvalue weighted by Gasteiger charge is 2.16. The van der Waals surface area contributed by atoms with Gasteiger partial charge >= 0.3 is 0 Å². The van der Waals surface area contributed by atoms with E-state index in [0.29, 0.717) is 12.1 Å². The van der Waals surface area contributed by atoms with Crippen LogP contribution in [0.5, 0.6) is 5.75 Å². The van der Waals surface area contributed by atoms with Crippen LogP contribution in [0.4, 0.5) is 0 Å². The van der Waals surface area contributed by atoms with Crippen molar-refractivity contribution in [3.8, 4) is 5.75 Å². The van der Waals surface area contributed by atoms with Gasteiger partial charge in [0.25, 0.3) is 0 Å². The van der Waals surface area contributed by atoms with Crippen molar-refractivity contribution < 1.29 is 14.6 Å². The van der Waals surface area contributed by atoms with Crippen LogP contribution in [0.15, 0.2) is 71.2 Å². The molecule has 1 amide bonds. The second-order valence-electron chi connectivity index (χ2n) is 6.65. The zero-order chi connectivity index (χ0) is 19.7. The zero-order valence-corrected chi connectivity index (χ0v) is 16.6.